The van der Waals surface area contributed by atoms with E-state index in [1.807, 2.05) is 0 Å². The molecule has 1 aliphatic rings. The largest absolute Gasteiger partial charge is 0.347 e. The molecule has 1 atom stereocenters. The summed E-state index contributed by atoms with van der Waals surface area (Å²) < 4.78 is 0. The van der Waals surface area contributed by atoms with Gasteiger partial charge in [-0.3, -0.25) is 35.9 Å². The Balaban J connectivity index is 1.42. The van der Waals surface area contributed by atoms with Crippen LogP contribution in [0.5, 0.6) is 0 Å². The number of urea groups is 2. The minimum absolute atomic E-state index is 0.0662. The van der Waals surface area contributed by atoms with Crippen LogP contribution in [0.1, 0.15) is 33.1 Å². The summed E-state index contributed by atoms with van der Waals surface area (Å²) in [7, 11) is 0. The van der Waals surface area contributed by atoms with Crippen LogP contribution in [0.25, 0.3) is 0 Å². The molecule has 232 valence electrons. The predicted molar refractivity (Wildman–Crippen MR) is 167 cm³/mol. The van der Waals surface area contributed by atoms with Gasteiger partial charge in [0.05, 0.1) is 16.1 Å². The zero-order chi connectivity index (χ0) is 32.0. The summed E-state index contributed by atoms with van der Waals surface area (Å²) in [6, 6.07) is 17.2. The monoisotopic (exact) mass is 643 g/mol. The molecule has 0 aromatic heterocycles. The van der Waals surface area contributed by atoms with Gasteiger partial charge in [0, 0.05) is 46.5 Å². The molecule has 44 heavy (non-hydrogen) atoms. The standard InChI is InChI=1S/C29H31Cl2N7O6/c1-29(2)26(37(42)27(40)32-22-9-5-7-19(30)17-22)36(24-10-6-8-20(31)18-24)28(41)35(29)16-4-3-11-25(39)34-33-21-12-14-23(15-13-21)38(43)44/h5-10,12-15,17-18,26,33,42H,3-4,11,16H2,1-2H3,(H,32,40)(H,34,39)/t26-/m1/s1. The summed E-state index contributed by atoms with van der Waals surface area (Å²) in [5.74, 6) is -0.312. The number of nitrogens with one attached hydrogen (secondary N) is 3. The van der Waals surface area contributed by atoms with Crippen molar-refractivity contribution >= 4 is 63.9 Å². The number of carbonyl (C=O) groups excluding carboxylic acids is 3. The molecule has 13 nitrogen and oxygen atoms in total. The van der Waals surface area contributed by atoms with E-state index in [1.165, 1.54) is 35.2 Å². The van der Waals surface area contributed by atoms with E-state index in [0.29, 0.717) is 45.0 Å². The molecule has 0 aliphatic carbocycles. The van der Waals surface area contributed by atoms with Crippen molar-refractivity contribution in [1.29, 1.82) is 0 Å². The lowest BCUT2D eigenvalue weighted by atomic mass is 9.99. The summed E-state index contributed by atoms with van der Waals surface area (Å²) in [6.07, 6.45) is -0.149. The molecule has 1 heterocycles. The molecule has 0 bridgehead atoms. The second kappa shape index (κ2) is 13.8. The Morgan fingerprint density at radius 1 is 1.00 bits per heavy atom. The summed E-state index contributed by atoms with van der Waals surface area (Å²) in [5, 5.41) is 25.8. The van der Waals surface area contributed by atoms with Gasteiger partial charge in [-0.25, -0.2) is 9.59 Å². The zero-order valence-electron chi connectivity index (χ0n) is 23.9. The molecule has 1 saturated heterocycles. The first-order chi connectivity index (χ1) is 20.9. The summed E-state index contributed by atoms with van der Waals surface area (Å²) in [5.41, 5.74) is 5.32. The number of nitrogens with zero attached hydrogens (tertiary/aromatic N) is 4. The third-order valence-electron chi connectivity index (χ3n) is 7.07. The molecular weight excluding hydrogens is 613 g/mol. The molecule has 0 saturated carbocycles. The Labute approximate surface area is 263 Å². The average Bonchev–Trinajstić information content (AvgIpc) is 3.18. The molecule has 3 aromatic carbocycles. The fraction of sp³-hybridized carbons (Fsp3) is 0.276. The molecule has 1 fully saturated rings. The lowest BCUT2D eigenvalue weighted by Crippen LogP contribution is -2.58. The molecule has 5 amide bonds. The Kier molecular flexibility index (Phi) is 10.1. The highest BCUT2D eigenvalue weighted by atomic mass is 35.5. The molecule has 0 radical (unpaired) electrons. The van der Waals surface area contributed by atoms with Crippen LogP contribution < -0.4 is 21.1 Å². The lowest BCUT2D eigenvalue weighted by molar-refractivity contribution is -0.384. The van der Waals surface area contributed by atoms with Crippen molar-refractivity contribution in [1.82, 2.24) is 15.4 Å². The van der Waals surface area contributed by atoms with Crippen molar-refractivity contribution < 1.29 is 24.5 Å². The third kappa shape index (κ3) is 7.48. The van der Waals surface area contributed by atoms with E-state index in [4.69, 9.17) is 23.2 Å². The highest BCUT2D eigenvalue weighted by Gasteiger charge is 2.55. The van der Waals surface area contributed by atoms with Crippen molar-refractivity contribution in [3.05, 3.63) is 93.0 Å². The average molecular weight is 645 g/mol. The van der Waals surface area contributed by atoms with Crippen LogP contribution in [0, 0.1) is 10.1 Å². The van der Waals surface area contributed by atoms with E-state index >= 15 is 0 Å². The number of anilines is 3. The molecule has 15 heteroatoms. The lowest BCUT2D eigenvalue weighted by Gasteiger charge is -2.38. The van der Waals surface area contributed by atoms with Crippen molar-refractivity contribution in [3.8, 4) is 0 Å². The van der Waals surface area contributed by atoms with Gasteiger partial charge in [-0.05, 0) is 75.2 Å². The second-order valence-electron chi connectivity index (χ2n) is 10.5. The minimum Gasteiger partial charge on any atom is -0.315 e. The van der Waals surface area contributed by atoms with Crippen LogP contribution >= 0.6 is 23.2 Å². The van der Waals surface area contributed by atoms with Gasteiger partial charge in [0.2, 0.25) is 5.91 Å². The molecule has 0 unspecified atom stereocenters. The summed E-state index contributed by atoms with van der Waals surface area (Å²) in [4.78, 5) is 52.5. The smallest absolute Gasteiger partial charge is 0.315 e. The quantitative estimate of drug-likeness (QED) is 0.0804. The van der Waals surface area contributed by atoms with Gasteiger partial charge in [0.15, 0.2) is 6.17 Å². The number of nitro groups is 1. The van der Waals surface area contributed by atoms with E-state index < -0.39 is 28.7 Å². The van der Waals surface area contributed by atoms with Gasteiger partial charge in [0.25, 0.3) is 5.69 Å². The van der Waals surface area contributed by atoms with Gasteiger partial charge in [0.1, 0.15) is 0 Å². The number of unbranched alkanes of at least 4 members (excludes halogenated alkanes) is 1. The first kappa shape index (κ1) is 32.3. The van der Waals surface area contributed by atoms with Gasteiger partial charge in [-0.2, -0.15) is 5.06 Å². The number of hydrogen-bond acceptors (Lipinski definition) is 7. The van der Waals surface area contributed by atoms with Gasteiger partial charge in [-0.15, -0.1) is 0 Å². The SMILES string of the molecule is CC1(C)[C@@H](N(O)C(=O)Nc2cccc(Cl)c2)N(c2cccc(Cl)c2)C(=O)N1CCCCC(=O)NNc1ccc([N+](=O)[O-])cc1. The molecule has 0 spiro atoms. The van der Waals surface area contributed by atoms with E-state index in [2.05, 4.69) is 16.2 Å². The Hall–Kier alpha value is -4.59. The van der Waals surface area contributed by atoms with Crippen LogP contribution in [0.4, 0.5) is 32.3 Å². The zero-order valence-corrected chi connectivity index (χ0v) is 25.4. The molecule has 3 aromatic rings. The number of hydrogen-bond donors (Lipinski definition) is 4. The number of amides is 5. The van der Waals surface area contributed by atoms with E-state index in [-0.39, 0.29) is 24.6 Å². The summed E-state index contributed by atoms with van der Waals surface area (Å²) in [6.45, 7) is 3.69. The van der Waals surface area contributed by atoms with E-state index in [0.717, 1.165) is 0 Å². The number of carbonyl (C=O) groups is 3. The Morgan fingerprint density at radius 2 is 1.66 bits per heavy atom. The second-order valence-corrected chi connectivity index (χ2v) is 11.4. The maximum atomic E-state index is 13.8. The normalized spacial score (nSPS) is 15.6. The predicted octanol–water partition coefficient (Wildman–Crippen LogP) is 6.49. The fourth-order valence-electron chi connectivity index (χ4n) is 4.89. The van der Waals surface area contributed by atoms with Crippen molar-refractivity contribution in [2.75, 3.05) is 22.2 Å². The van der Waals surface area contributed by atoms with Crippen molar-refractivity contribution in [3.63, 3.8) is 0 Å². The van der Waals surface area contributed by atoms with Crippen LogP contribution in [-0.4, -0.2) is 56.3 Å². The molecule has 4 N–H and O–H groups in total. The van der Waals surface area contributed by atoms with Crippen LogP contribution in [0.3, 0.4) is 0 Å². The Bertz CT molecular complexity index is 1540. The molecule has 4 rings (SSSR count). The fourth-order valence-corrected chi connectivity index (χ4v) is 5.27. The number of halogens is 2. The molecule has 1 aliphatic heterocycles. The van der Waals surface area contributed by atoms with Crippen LogP contribution in [-0.2, 0) is 4.79 Å². The van der Waals surface area contributed by atoms with Gasteiger partial charge >= 0.3 is 12.1 Å². The highest BCUT2D eigenvalue weighted by Crippen LogP contribution is 2.39. The van der Waals surface area contributed by atoms with Gasteiger partial charge < -0.3 is 10.2 Å². The number of benzene rings is 3. The molecular formula is C29H31Cl2N7O6. The maximum absolute atomic E-state index is 13.8. The summed E-state index contributed by atoms with van der Waals surface area (Å²) >= 11 is 12.2. The Morgan fingerprint density at radius 3 is 2.30 bits per heavy atom. The van der Waals surface area contributed by atoms with Crippen LogP contribution in [0.15, 0.2) is 72.8 Å². The van der Waals surface area contributed by atoms with Crippen molar-refractivity contribution in [2.24, 2.45) is 0 Å². The first-order valence-electron chi connectivity index (χ1n) is 13.6. The third-order valence-corrected chi connectivity index (χ3v) is 7.54. The van der Waals surface area contributed by atoms with Crippen LogP contribution in [0.2, 0.25) is 10.0 Å². The number of rotatable bonds is 11. The number of hydroxylamine groups is 2. The van der Waals surface area contributed by atoms with Crippen molar-refractivity contribution in [2.45, 2.75) is 44.8 Å². The first-order valence-corrected chi connectivity index (χ1v) is 14.3. The van der Waals surface area contributed by atoms with E-state index in [9.17, 15) is 29.7 Å². The maximum Gasteiger partial charge on any atom is 0.347 e. The number of non-ortho nitro benzene ring substituents is 1. The van der Waals surface area contributed by atoms with Gasteiger partial charge in [-0.1, -0.05) is 35.3 Å². The number of hydrazine groups is 1. The topological polar surface area (TPSA) is 160 Å². The van der Waals surface area contributed by atoms with E-state index in [1.54, 1.807) is 61.2 Å². The minimum atomic E-state index is -1.15. The highest BCUT2D eigenvalue weighted by molar-refractivity contribution is 6.31. The number of nitro benzene ring substituents is 1.